The lowest BCUT2D eigenvalue weighted by Crippen LogP contribution is -2.24. The Labute approximate surface area is 181 Å². The van der Waals surface area contributed by atoms with Crippen LogP contribution in [-0.4, -0.2) is 31.5 Å². The molecule has 1 aliphatic rings. The molecule has 0 bridgehead atoms. The molecule has 2 aromatic carbocycles. The van der Waals surface area contributed by atoms with Crippen LogP contribution in [0.3, 0.4) is 0 Å². The molecule has 158 valence electrons. The maximum Gasteiger partial charge on any atom is 0.190 e. The zero-order chi connectivity index (χ0) is 20.9. The molecule has 1 fully saturated rings. The largest absolute Gasteiger partial charge is 0.497 e. The van der Waals surface area contributed by atoms with E-state index in [1.54, 1.807) is 25.6 Å². The van der Waals surface area contributed by atoms with Crippen molar-refractivity contribution in [3.8, 4) is 22.8 Å². The van der Waals surface area contributed by atoms with Crippen LogP contribution in [0.25, 0.3) is 11.3 Å². The van der Waals surface area contributed by atoms with Crippen molar-refractivity contribution < 1.29 is 14.2 Å². The standard InChI is InChI=1S/C24H28N2O3S/c1-4-17-7-9-18(10-8-17)25-24-26(15-20-6-5-13-29-20)22(16-30-24)21-14-19(27-2)11-12-23(21)28-3/h7-12,14,16,20H,4-6,13,15H2,1-3H3. The summed E-state index contributed by atoms with van der Waals surface area (Å²) < 4.78 is 19.3. The zero-order valence-electron chi connectivity index (χ0n) is 17.8. The fourth-order valence-electron chi connectivity index (χ4n) is 3.73. The van der Waals surface area contributed by atoms with Gasteiger partial charge in [0.25, 0.3) is 0 Å². The van der Waals surface area contributed by atoms with Gasteiger partial charge in [0.15, 0.2) is 4.80 Å². The van der Waals surface area contributed by atoms with E-state index in [4.69, 9.17) is 19.2 Å². The molecular formula is C24H28N2O3S. The lowest BCUT2D eigenvalue weighted by Gasteiger charge is -2.16. The van der Waals surface area contributed by atoms with Crippen molar-refractivity contribution in [2.24, 2.45) is 4.99 Å². The molecule has 1 aliphatic heterocycles. The quantitative estimate of drug-likeness (QED) is 0.523. The number of aryl methyl sites for hydroxylation is 1. The number of benzene rings is 2. The summed E-state index contributed by atoms with van der Waals surface area (Å²) in [6.45, 7) is 3.76. The molecular weight excluding hydrogens is 396 g/mol. The van der Waals surface area contributed by atoms with E-state index in [0.29, 0.717) is 0 Å². The Morgan fingerprint density at radius 2 is 1.97 bits per heavy atom. The summed E-state index contributed by atoms with van der Waals surface area (Å²) in [7, 11) is 3.38. The van der Waals surface area contributed by atoms with Crippen LogP contribution in [0.1, 0.15) is 25.3 Å². The smallest absolute Gasteiger partial charge is 0.190 e. The molecule has 1 aromatic heterocycles. The van der Waals surface area contributed by atoms with E-state index < -0.39 is 0 Å². The lowest BCUT2D eigenvalue weighted by molar-refractivity contribution is 0.0968. The fraction of sp³-hybridized carbons (Fsp3) is 0.375. The molecule has 3 aromatic rings. The van der Waals surface area contributed by atoms with Crippen molar-refractivity contribution in [1.82, 2.24) is 4.57 Å². The van der Waals surface area contributed by atoms with Crippen LogP contribution in [0.15, 0.2) is 52.8 Å². The first-order valence-corrected chi connectivity index (χ1v) is 11.3. The van der Waals surface area contributed by atoms with Gasteiger partial charge in [-0.2, -0.15) is 0 Å². The molecule has 4 rings (SSSR count). The Bertz CT molecular complexity index is 1050. The van der Waals surface area contributed by atoms with Gasteiger partial charge in [-0.15, -0.1) is 11.3 Å². The normalized spacial score (nSPS) is 16.8. The van der Waals surface area contributed by atoms with Crippen LogP contribution in [0, 0.1) is 0 Å². The van der Waals surface area contributed by atoms with Crippen LogP contribution in [0.4, 0.5) is 5.69 Å². The fourth-order valence-corrected chi connectivity index (χ4v) is 4.66. The van der Waals surface area contributed by atoms with E-state index in [1.807, 2.05) is 18.2 Å². The van der Waals surface area contributed by atoms with E-state index in [-0.39, 0.29) is 6.10 Å². The first kappa shape index (κ1) is 20.7. The van der Waals surface area contributed by atoms with Crippen molar-refractivity contribution in [3.63, 3.8) is 0 Å². The van der Waals surface area contributed by atoms with Gasteiger partial charge in [0.1, 0.15) is 11.5 Å². The summed E-state index contributed by atoms with van der Waals surface area (Å²) in [4.78, 5) is 5.91. The summed E-state index contributed by atoms with van der Waals surface area (Å²) in [6.07, 6.45) is 3.41. The molecule has 0 N–H and O–H groups in total. The number of ether oxygens (including phenoxy) is 3. The summed E-state index contributed by atoms with van der Waals surface area (Å²) in [5.74, 6) is 1.61. The maximum atomic E-state index is 5.94. The Morgan fingerprint density at radius 3 is 2.63 bits per heavy atom. The highest BCUT2D eigenvalue weighted by atomic mass is 32.1. The Morgan fingerprint density at radius 1 is 1.13 bits per heavy atom. The summed E-state index contributed by atoms with van der Waals surface area (Å²) in [5, 5.41) is 2.14. The van der Waals surface area contributed by atoms with Crippen molar-refractivity contribution in [2.75, 3.05) is 20.8 Å². The third kappa shape index (κ3) is 4.45. The topological polar surface area (TPSA) is 45.0 Å². The van der Waals surface area contributed by atoms with E-state index in [2.05, 4.69) is 41.1 Å². The first-order valence-electron chi connectivity index (χ1n) is 10.4. The molecule has 2 heterocycles. The average Bonchev–Trinajstić information content (AvgIpc) is 3.44. The minimum Gasteiger partial charge on any atom is -0.497 e. The molecule has 1 saturated heterocycles. The summed E-state index contributed by atoms with van der Waals surface area (Å²) in [5.41, 5.74) is 4.33. The summed E-state index contributed by atoms with van der Waals surface area (Å²) in [6, 6.07) is 14.3. The minimum absolute atomic E-state index is 0.205. The van der Waals surface area contributed by atoms with Crippen LogP contribution in [0.2, 0.25) is 0 Å². The number of rotatable bonds is 7. The van der Waals surface area contributed by atoms with E-state index >= 15 is 0 Å². The maximum absolute atomic E-state index is 5.94. The van der Waals surface area contributed by atoms with Gasteiger partial charge in [-0.25, -0.2) is 4.99 Å². The number of aromatic nitrogens is 1. The Kier molecular flexibility index (Phi) is 6.55. The molecule has 5 nitrogen and oxygen atoms in total. The average molecular weight is 425 g/mol. The summed E-state index contributed by atoms with van der Waals surface area (Å²) >= 11 is 1.64. The molecule has 0 aliphatic carbocycles. The second kappa shape index (κ2) is 9.49. The predicted molar refractivity (Wildman–Crippen MR) is 121 cm³/mol. The number of hydrogen-bond acceptors (Lipinski definition) is 5. The molecule has 30 heavy (non-hydrogen) atoms. The highest BCUT2D eigenvalue weighted by Crippen LogP contribution is 2.34. The first-order chi connectivity index (χ1) is 14.7. The Balaban J connectivity index is 1.82. The molecule has 1 unspecified atom stereocenters. The van der Waals surface area contributed by atoms with E-state index in [0.717, 1.165) is 65.7 Å². The van der Waals surface area contributed by atoms with E-state index in [9.17, 15) is 0 Å². The van der Waals surface area contributed by atoms with Crippen LogP contribution >= 0.6 is 11.3 Å². The second-order valence-electron chi connectivity index (χ2n) is 7.35. The monoisotopic (exact) mass is 424 g/mol. The molecule has 0 saturated carbocycles. The Hall–Kier alpha value is -2.57. The van der Waals surface area contributed by atoms with Gasteiger partial charge in [0.05, 0.1) is 38.2 Å². The SMILES string of the molecule is CCc1ccc(N=c2scc(-c3cc(OC)ccc3OC)n2CC2CCCO2)cc1. The third-order valence-corrected chi connectivity index (χ3v) is 6.32. The molecule has 0 amide bonds. The molecule has 1 atom stereocenters. The third-order valence-electron chi connectivity index (χ3n) is 5.46. The molecule has 6 heteroatoms. The van der Waals surface area contributed by atoms with Gasteiger partial charge >= 0.3 is 0 Å². The highest BCUT2D eigenvalue weighted by molar-refractivity contribution is 7.07. The van der Waals surface area contributed by atoms with Crippen molar-refractivity contribution in [3.05, 3.63) is 58.2 Å². The van der Waals surface area contributed by atoms with Crippen molar-refractivity contribution in [1.29, 1.82) is 0 Å². The second-order valence-corrected chi connectivity index (χ2v) is 8.18. The van der Waals surface area contributed by atoms with Crippen molar-refractivity contribution >= 4 is 17.0 Å². The van der Waals surface area contributed by atoms with Gasteiger partial charge in [-0.1, -0.05) is 19.1 Å². The lowest BCUT2D eigenvalue weighted by atomic mass is 10.1. The van der Waals surface area contributed by atoms with Crippen molar-refractivity contribution in [2.45, 2.75) is 38.8 Å². The number of thiazole rings is 1. The highest BCUT2D eigenvalue weighted by Gasteiger charge is 2.20. The van der Waals surface area contributed by atoms with Gasteiger partial charge in [-0.05, 0) is 55.2 Å². The van der Waals surface area contributed by atoms with Gasteiger partial charge < -0.3 is 18.8 Å². The van der Waals surface area contributed by atoms with E-state index in [1.165, 1.54) is 5.56 Å². The zero-order valence-corrected chi connectivity index (χ0v) is 18.6. The van der Waals surface area contributed by atoms with Gasteiger partial charge in [0.2, 0.25) is 0 Å². The number of methoxy groups -OCH3 is 2. The van der Waals surface area contributed by atoms with Crippen LogP contribution in [0.5, 0.6) is 11.5 Å². The molecule has 0 spiro atoms. The number of nitrogens with zero attached hydrogens (tertiary/aromatic N) is 2. The van der Waals surface area contributed by atoms with Gasteiger partial charge in [-0.3, -0.25) is 0 Å². The number of hydrogen-bond donors (Lipinski definition) is 0. The minimum atomic E-state index is 0.205. The predicted octanol–water partition coefficient (Wildman–Crippen LogP) is 5.21. The van der Waals surface area contributed by atoms with Crippen LogP contribution in [-0.2, 0) is 17.7 Å². The molecule has 0 radical (unpaired) electrons. The van der Waals surface area contributed by atoms with Gasteiger partial charge in [0, 0.05) is 17.6 Å². The van der Waals surface area contributed by atoms with Crippen LogP contribution < -0.4 is 14.3 Å².